The molecule has 0 radical (unpaired) electrons. The minimum absolute atomic E-state index is 0.0468. The van der Waals surface area contributed by atoms with Gasteiger partial charge in [-0.2, -0.15) is 0 Å². The lowest BCUT2D eigenvalue weighted by atomic mass is 10.2. The maximum absolute atomic E-state index is 11.8. The third kappa shape index (κ3) is 4.26. The van der Waals surface area contributed by atoms with Crippen molar-refractivity contribution >= 4 is 31.5 Å². The average Bonchev–Trinajstić information content (AvgIpc) is 2.35. The quantitative estimate of drug-likeness (QED) is 0.547. The largest absolute Gasteiger partial charge is 0.370 e. The Hall–Kier alpha value is -1.94. The number of benzene rings is 1. The van der Waals surface area contributed by atoms with Gasteiger partial charge in [0, 0.05) is 25.1 Å². The van der Waals surface area contributed by atoms with E-state index in [0.29, 0.717) is 0 Å². The molecule has 0 unspecified atom stereocenters. The van der Waals surface area contributed by atoms with Crippen molar-refractivity contribution in [1.29, 1.82) is 0 Å². The number of nitrogens with one attached hydrogen (secondary N) is 1. The summed E-state index contributed by atoms with van der Waals surface area (Å²) < 4.78 is 46.6. The molecule has 1 rings (SSSR count). The van der Waals surface area contributed by atoms with Gasteiger partial charge in [0.2, 0.25) is 0 Å². The molecular formula is C11H15N3O5S2. The molecule has 0 fully saturated rings. The fourth-order valence-corrected chi connectivity index (χ4v) is 3.91. The molecule has 0 atom stereocenters. The lowest BCUT2D eigenvalue weighted by Gasteiger charge is -2.09. The molecule has 0 aromatic heterocycles. The standard InChI is InChI=1S/C11H15N3O5S2/c1-13-11(12)14-10(15)7-4-5-8(20(2,16)17)9(6-7)21(3,18)19/h4-6H,1-3H3,(H3,12,13,14,15). The van der Waals surface area contributed by atoms with Gasteiger partial charge in [0.25, 0.3) is 5.91 Å². The van der Waals surface area contributed by atoms with Crippen LogP contribution in [0, 0.1) is 0 Å². The van der Waals surface area contributed by atoms with Crippen molar-refractivity contribution in [3.8, 4) is 0 Å². The predicted octanol–water partition coefficient (Wildman–Crippen LogP) is -0.832. The van der Waals surface area contributed by atoms with Crippen LogP contribution in [0.5, 0.6) is 0 Å². The zero-order valence-corrected chi connectivity index (χ0v) is 13.2. The van der Waals surface area contributed by atoms with E-state index in [0.717, 1.165) is 24.6 Å². The summed E-state index contributed by atoms with van der Waals surface area (Å²) in [6.07, 6.45) is 1.75. The Morgan fingerprint density at radius 3 is 2.05 bits per heavy atom. The van der Waals surface area contributed by atoms with E-state index in [4.69, 9.17) is 5.73 Å². The minimum atomic E-state index is -3.83. The van der Waals surface area contributed by atoms with Crippen molar-refractivity contribution < 1.29 is 21.6 Å². The molecule has 0 saturated heterocycles. The highest BCUT2D eigenvalue weighted by Gasteiger charge is 2.22. The Labute approximate surface area is 122 Å². The van der Waals surface area contributed by atoms with Gasteiger partial charge in [0.15, 0.2) is 25.6 Å². The van der Waals surface area contributed by atoms with Crippen LogP contribution in [0.1, 0.15) is 10.4 Å². The Morgan fingerprint density at radius 1 is 1.10 bits per heavy atom. The maximum atomic E-state index is 11.8. The molecule has 0 heterocycles. The van der Waals surface area contributed by atoms with Crippen LogP contribution < -0.4 is 11.1 Å². The maximum Gasteiger partial charge on any atom is 0.257 e. The van der Waals surface area contributed by atoms with Crippen LogP contribution in [-0.2, 0) is 19.7 Å². The van der Waals surface area contributed by atoms with Crippen molar-refractivity contribution in [1.82, 2.24) is 5.32 Å². The molecule has 1 aromatic carbocycles. The molecule has 0 aliphatic rings. The first kappa shape index (κ1) is 17.1. The van der Waals surface area contributed by atoms with Crippen LogP contribution in [0.25, 0.3) is 0 Å². The summed E-state index contributed by atoms with van der Waals surface area (Å²) in [5, 5.41) is 2.23. The molecule has 0 bridgehead atoms. The fraction of sp³-hybridized carbons (Fsp3) is 0.273. The number of carbonyl (C=O) groups excluding carboxylic acids is 1. The molecule has 1 amide bonds. The summed E-state index contributed by atoms with van der Waals surface area (Å²) in [4.78, 5) is 14.6. The van der Waals surface area contributed by atoms with E-state index in [1.54, 1.807) is 0 Å². The number of aliphatic imine (C=N–C) groups is 1. The van der Waals surface area contributed by atoms with Crippen molar-refractivity contribution in [3.05, 3.63) is 23.8 Å². The van der Waals surface area contributed by atoms with Crippen molar-refractivity contribution in [2.24, 2.45) is 10.7 Å². The summed E-state index contributed by atoms with van der Waals surface area (Å²) in [6, 6.07) is 3.26. The number of amides is 1. The van der Waals surface area contributed by atoms with Crippen LogP contribution in [0.3, 0.4) is 0 Å². The summed E-state index contributed by atoms with van der Waals surface area (Å²) in [7, 11) is -6.21. The Kier molecular flexibility index (Phi) is 4.74. The third-order valence-corrected chi connectivity index (χ3v) is 4.91. The number of carbonyl (C=O) groups is 1. The number of hydrogen-bond donors (Lipinski definition) is 2. The van der Waals surface area contributed by atoms with Crippen LogP contribution in [0.4, 0.5) is 0 Å². The van der Waals surface area contributed by atoms with E-state index in [1.807, 2.05) is 0 Å². The number of sulfone groups is 2. The van der Waals surface area contributed by atoms with Gasteiger partial charge in [-0.15, -0.1) is 0 Å². The van der Waals surface area contributed by atoms with E-state index >= 15 is 0 Å². The second kappa shape index (κ2) is 5.82. The Morgan fingerprint density at radius 2 is 1.62 bits per heavy atom. The van der Waals surface area contributed by atoms with Gasteiger partial charge in [0.1, 0.15) is 0 Å². The first-order valence-electron chi connectivity index (χ1n) is 5.54. The minimum Gasteiger partial charge on any atom is -0.370 e. The van der Waals surface area contributed by atoms with Gasteiger partial charge in [-0.3, -0.25) is 15.1 Å². The SMILES string of the molecule is CN=C(N)NC(=O)c1ccc(S(C)(=O)=O)c(S(C)(=O)=O)c1. The van der Waals surface area contributed by atoms with E-state index in [1.165, 1.54) is 13.1 Å². The number of rotatable bonds is 3. The lowest BCUT2D eigenvalue weighted by molar-refractivity contribution is 0.0976. The second-order valence-corrected chi connectivity index (χ2v) is 8.24. The van der Waals surface area contributed by atoms with E-state index < -0.39 is 30.5 Å². The monoisotopic (exact) mass is 333 g/mol. The molecule has 0 saturated carbocycles. The van der Waals surface area contributed by atoms with Crippen molar-refractivity contribution in [2.45, 2.75) is 9.79 Å². The van der Waals surface area contributed by atoms with Crippen molar-refractivity contribution in [3.63, 3.8) is 0 Å². The smallest absolute Gasteiger partial charge is 0.257 e. The van der Waals surface area contributed by atoms with Gasteiger partial charge < -0.3 is 5.73 Å². The first-order valence-corrected chi connectivity index (χ1v) is 9.33. The summed E-state index contributed by atoms with van der Waals surface area (Å²) >= 11 is 0. The molecule has 1 aromatic rings. The number of guanidine groups is 1. The highest BCUT2D eigenvalue weighted by Crippen LogP contribution is 2.22. The second-order valence-electron chi connectivity index (χ2n) is 4.27. The van der Waals surface area contributed by atoms with Crippen molar-refractivity contribution in [2.75, 3.05) is 19.6 Å². The van der Waals surface area contributed by atoms with Gasteiger partial charge in [-0.05, 0) is 18.2 Å². The van der Waals surface area contributed by atoms with Crippen LogP contribution in [-0.4, -0.2) is 48.3 Å². The topological polar surface area (TPSA) is 136 Å². The normalized spacial score (nSPS) is 13.0. The van der Waals surface area contributed by atoms with E-state index in [2.05, 4.69) is 10.3 Å². The van der Waals surface area contributed by atoms with E-state index in [9.17, 15) is 21.6 Å². The number of hydrogen-bond acceptors (Lipinski definition) is 6. The predicted molar refractivity (Wildman–Crippen MR) is 77.7 cm³/mol. The van der Waals surface area contributed by atoms with Gasteiger partial charge in [-0.1, -0.05) is 0 Å². The van der Waals surface area contributed by atoms with Crippen LogP contribution in [0.2, 0.25) is 0 Å². The Balaban J connectivity index is 3.47. The van der Waals surface area contributed by atoms with Gasteiger partial charge in [0.05, 0.1) is 9.79 Å². The van der Waals surface area contributed by atoms with E-state index in [-0.39, 0.29) is 16.4 Å². The number of nitrogens with zero attached hydrogens (tertiary/aromatic N) is 1. The molecule has 116 valence electrons. The average molecular weight is 333 g/mol. The first-order chi connectivity index (χ1) is 9.46. The third-order valence-electron chi connectivity index (χ3n) is 2.49. The van der Waals surface area contributed by atoms with Gasteiger partial charge in [-0.25, -0.2) is 16.8 Å². The Bertz CT molecular complexity index is 810. The molecule has 8 nitrogen and oxygen atoms in total. The molecule has 0 spiro atoms. The van der Waals surface area contributed by atoms with Gasteiger partial charge >= 0.3 is 0 Å². The molecule has 10 heteroatoms. The molecule has 0 aliphatic heterocycles. The number of nitrogens with two attached hydrogens (primary N) is 1. The fourth-order valence-electron chi connectivity index (χ4n) is 1.49. The molecule has 3 N–H and O–H groups in total. The zero-order valence-electron chi connectivity index (χ0n) is 11.6. The summed E-state index contributed by atoms with van der Waals surface area (Å²) in [5.41, 5.74) is 5.29. The molecular weight excluding hydrogens is 318 g/mol. The van der Waals surface area contributed by atoms with Crippen LogP contribution in [0.15, 0.2) is 33.0 Å². The molecule has 0 aliphatic carbocycles. The lowest BCUT2D eigenvalue weighted by Crippen LogP contribution is -2.36. The molecule has 21 heavy (non-hydrogen) atoms. The highest BCUT2D eigenvalue weighted by atomic mass is 32.2. The highest BCUT2D eigenvalue weighted by molar-refractivity contribution is 7.93. The zero-order chi connectivity index (χ0) is 16.4. The van der Waals surface area contributed by atoms with Crippen LogP contribution >= 0.6 is 0 Å². The summed E-state index contributed by atoms with van der Waals surface area (Å²) in [5.74, 6) is -0.837. The summed E-state index contributed by atoms with van der Waals surface area (Å²) in [6.45, 7) is 0.